The Kier molecular flexibility index (Phi) is 9.00. The molecule has 1 aliphatic heterocycles. The first-order valence-electron chi connectivity index (χ1n) is 13.6. The van der Waals surface area contributed by atoms with Crippen molar-refractivity contribution in [3.05, 3.63) is 92.3 Å². The van der Waals surface area contributed by atoms with E-state index in [4.69, 9.17) is 33.0 Å². The summed E-state index contributed by atoms with van der Waals surface area (Å²) >= 11 is 13.7. The maximum Gasteiger partial charge on any atom is 0.341 e. The third-order valence-corrected chi connectivity index (χ3v) is 8.43. The summed E-state index contributed by atoms with van der Waals surface area (Å²) in [4.78, 5) is 43.1. The van der Waals surface area contributed by atoms with E-state index in [1.54, 1.807) is 36.4 Å². The first-order valence-corrected chi connectivity index (χ1v) is 14.4. The molecule has 0 unspecified atom stereocenters. The number of piperidine rings is 1. The van der Waals surface area contributed by atoms with Crippen LogP contribution in [-0.4, -0.2) is 62.5 Å². The summed E-state index contributed by atoms with van der Waals surface area (Å²) in [5, 5.41) is 16.3. The van der Waals surface area contributed by atoms with Crippen LogP contribution in [0.1, 0.15) is 28.8 Å². The second-order valence-electron chi connectivity index (χ2n) is 10.4. The number of carboxylic acid groups (broad SMARTS) is 1. The number of pyridine rings is 1. The molecule has 0 radical (unpaired) electrons. The molecule has 44 heavy (non-hydrogen) atoms. The smallest absolute Gasteiger partial charge is 0.341 e. The van der Waals surface area contributed by atoms with Gasteiger partial charge in [-0.25, -0.2) is 18.9 Å². The van der Waals surface area contributed by atoms with Gasteiger partial charge >= 0.3 is 5.97 Å². The molecule has 13 heteroatoms. The zero-order valence-corrected chi connectivity index (χ0v) is 25.3. The number of nitrogens with one attached hydrogen (secondary N) is 1. The zero-order valence-electron chi connectivity index (χ0n) is 23.8. The minimum Gasteiger partial charge on any atom is -0.481 e. The number of hydrogen-bond donors (Lipinski definition) is 2. The number of halogens is 3. The van der Waals surface area contributed by atoms with Gasteiger partial charge in [-0.05, 0) is 18.2 Å². The summed E-state index contributed by atoms with van der Waals surface area (Å²) in [5.74, 6) is -1.68. The SMILES string of the molecule is COc1nc(-c2cccc(-c3cccc(NC(=O)c4ccnn(C)c4=O)c3Cl)c2Cl)ccc1CN1CCC(F)(C(=O)O)CC1. The summed E-state index contributed by atoms with van der Waals surface area (Å²) in [6, 6.07) is 15.5. The Hall–Kier alpha value is -4.32. The van der Waals surface area contributed by atoms with E-state index in [1.807, 2.05) is 17.0 Å². The molecule has 5 rings (SSSR count). The van der Waals surface area contributed by atoms with E-state index < -0.39 is 23.1 Å². The number of carbonyl (C=O) groups excluding carboxylic acids is 1. The standard InChI is InChI=1S/C31H28Cl2FN5O5/c1-38-29(41)22(11-14-35-38)27(40)36-24-8-4-6-20(26(24)33)19-5-3-7-21(25(19)32)23-10-9-18(28(37-23)44-2)17-39-15-12-31(34,13-16-39)30(42)43/h3-11,14H,12-13,15-17H2,1-2H3,(H,36,40)(H,42,43). The first-order chi connectivity index (χ1) is 21.0. The normalized spacial score (nSPS) is 14.7. The average molecular weight is 640 g/mol. The van der Waals surface area contributed by atoms with Crippen molar-refractivity contribution in [2.24, 2.45) is 7.05 Å². The Balaban J connectivity index is 1.40. The van der Waals surface area contributed by atoms with Crippen molar-refractivity contribution >= 4 is 40.8 Å². The molecule has 4 aromatic rings. The van der Waals surface area contributed by atoms with E-state index in [0.717, 1.165) is 10.2 Å². The fraction of sp³-hybridized carbons (Fsp3) is 0.258. The highest BCUT2D eigenvalue weighted by atomic mass is 35.5. The Morgan fingerprint density at radius 1 is 1.02 bits per heavy atom. The Bertz CT molecular complexity index is 1810. The fourth-order valence-corrected chi connectivity index (χ4v) is 5.68. The number of benzene rings is 2. The molecule has 2 aromatic heterocycles. The highest BCUT2D eigenvalue weighted by molar-refractivity contribution is 6.39. The molecule has 1 amide bonds. The molecule has 10 nitrogen and oxygen atoms in total. The van der Waals surface area contributed by atoms with Gasteiger partial charge < -0.3 is 15.2 Å². The molecule has 0 aliphatic carbocycles. The van der Waals surface area contributed by atoms with Crippen molar-refractivity contribution in [1.82, 2.24) is 19.7 Å². The summed E-state index contributed by atoms with van der Waals surface area (Å²) < 4.78 is 21.1. The molecule has 0 saturated carbocycles. The topological polar surface area (TPSA) is 127 Å². The molecule has 1 aliphatic rings. The van der Waals surface area contributed by atoms with Gasteiger partial charge in [-0.3, -0.25) is 14.5 Å². The molecule has 1 saturated heterocycles. The average Bonchev–Trinajstić information content (AvgIpc) is 3.01. The van der Waals surface area contributed by atoms with Crippen molar-refractivity contribution in [2.45, 2.75) is 25.1 Å². The van der Waals surface area contributed by atoms with Gasteiger partial charge in [0.05, 0.1) is 28.5 Å². The van der Waals surface area contributed by atoms with Crippen molar-refractivity contribution in [3.63, 3.8) is 0 Å². The summed E-state index contributed by atoms with van der Waals surface area (Å²) in [6.07, 6.45) is 1.18. The highest BCUT2D eigenvalue weighted by Gasteiger charge is 2.41. The van der Waals surface area contributed by atoms with Gasteiger partial charge in [0, 0.05) is 68.0 Å². The molecule has 0 atom stereocenters. The molecule has 1 fully saturated rings. The Morgan fingerprint density at radius 2 is 1.68 bits per heavy atom. The molecule has 228 valence electrons. The third-order valence-electron chi connectivity index (χ3n) is 7.62. The Labute approximate surface area is 262 Å². The number of aromatic nitrogens is 3. The minimum atomic E-state index is -2.20. The van der Waals surface area contributed by atoms with E-state index in [2.05, 4.69) is 15.4 Å². The summed E-state index contributed by atoms with van der Waals surface area (Å²) in [5.41, 5.74) is 0.540. The largest absolute Gasteiger partial charge is 0.481 e. The van der Waals surface area contributed by atoms with Gasteiger partial charge in [0.25, 0.3) is 11.5 Å². The van der Waals surface area contributed by atoms with Gasteiger partial charge in [0.15, 0.2) is 0 Å². The number of rotatable bonds is 8. The highest BCUT2D eigenvalue weighted by Crippen LogP contribution is 2.41. The molecule has 3 heterocycles. The van der Waals surface area contributed by atoms with Crippen LogP contribution in [0.3, 0.4) is 0 Å². The third kappa shape index (κ3) is 6.17. The van der Waals surface area contributed by atoms with Crippen LogP contribution < -0.4 is 15.6 Å². The van der Waals surface area contributed by atoms with Crippen LogP contribution in [0.5, 0.6) is 5.88 Å². The predicted molar refractivity (Wildman–Crippen MR) is 165 cm³/mol. The fourth-order valence-electron chi connectivity index (χ4n) is 5.08. The number of likely N-dealkylation sites (tertiary alicyclic amines) is 1. The lowest BCUT2D eigenvalue weighted by Crippen LogP contribution is -2.46. The number of carbonyl (C=O) groups is 2. The molecular formula is C31H28Cl2FN5O5. The lowest BCUT2D eigenvalue weighted by atomic mass is 9.93. The van der Waals surface area contributed by atoms with Crippen LogP contribution in [-0.2, 0) is 18.4 Å². The Morgan fingerprint density at radius 3 is 2.36 bits per heavy atom. The molecule has 0 spiro atoms. The zero-order chi connectivity index (χ0) is 31.6. The maximum absolute atomic E-state index is 14.5. The van der Waals surface area contributed by atoms with Gasteiger partial charge in [0.1, 0.15) is 5.56 Å². The van der Waals surface area contributed by atoms with Crippen molar-refractivity contribution in [3.8, 4) is 28.3 Å². The van der Waals surface area contributed by atoms with Gasteiger partial charge in [0.2, 0.25) is 11.5 Å². The summed E-state index contributed by atoms with van der Waals surface area (Å²) in [7, 11) is 2.95. The number of amides is 1. The van der Waals surface area contributed by atoms with Crippen LogP contribution in [0.4, 0.5) is 10.1 Å². The molecule has 2 N–H and O–H groups in total. The lowest BCUT2D eigenvalue weighted by Gasteiger charge is -2.33. The number of hydrogen-bond acceptors (Lipinski definition) is 7. The second-order valence-corrected chi connectivity index (χ2v) is 11.1. The van der Waals surface area contributed by atoms with Crippen LogP contribution in [0.15, 0.2) is 65.6 Å². The molecule has 2 aromatic carbocycles. The lowest BCUT2D eigenvalue weighted by molar-refractivity contribution is -0.154. The maximum atomic E-state index is 14.5. The van der Waals surface area contributed by atoms with Crippen LogP contribution in [0, 0.1) is 0 Å². The van der Waals surface area contributed by atoms with Crippen LogP contribution in [0.25, 0.3) is 22.4 Å². The van der Waals surface area contributed by atoms with Gasteiger partial charge in [-0.2, -0.15) is 5.10 Å². The first kappa shape index (κ1) is 31.1. The summed E-state index contributed by atoms with van der Waals surface area (Å²) in [6.45, 7) is 1.00. The van der Waals surface area contributed by atoms with E-state index in [9.17, 15) is 18.8 Å². The van der Waals surface area contributed by atoms with Crippen molar-refractivity contribution in [2.75, 3.05) is 25.5 Å². The number of carboxylic acids is 1. The predicted octanol–water partition coefficient (Wildman–Crippen LogP) is 5.47. The molecule has 0 bridgehead atoms. The van der Waals surface area contributed by atoms with Gasteiger partial charge in [-0.15, -0.1) is 0 Å². The molecular weight excluding hydrogens is 612 g/mol. The van der Waals surface area contributed by atoms with Gasteiger partial charge in [-0.1, -0.05) is 59.6 Å². The van der Waals surface area contributed by atoms with E-state index in [0.29, 0.717) is 58.6 Å². The minimum absolute atomic E-state index is 0.0801. The van der Waals surface area contributed by atoms with E-state index in [1.165, 1.54) is 26.4 Å². The number of aliphatic carboxylic acids is 1. The number of anilines is 1. The van der Waals surface area contributed by atoms with E-state index >= 15 is 0 Å². The second kappa shape index (κ2) is 12.7. The van der Waals surface area contributed by atoms with Crippen molar-refractivity contribution in [1.29, 1.82) is 0 Å². The number of ether oxygens (including phenoxy) is 1. The monoisotopic (exact) mass is 639 g/mol. The number of aryl methyl sites for hydroxylation is 1. The number of alkyl halides is 1. The van der Waals surface area contributed by atoms with E-state index in [-0.39, 0.29) is 23.4 Å². The quantitative estimate of drug-likeness (QED) is 0.260. The van der Waals surface area contributed by atoms with Crippen molar-refractivity contribution < 1.29 is 23.8 Å². The van der Waals surface area contributed by atoms with Crippen LogP contribution in [0.2, 0.25) is 10.0 Å². The van der Waals surface area contributed by atoms with Crippen LogP contribution >= 0.6 is 23.2 Å². The number of methoxy groups -OCH3 is 1. The number of nitrogens with zero attached hydrogens (tertiary/aromatic N) is 4.